The number of hydrogen-bond donors (Lipinski definition) is 2. The van der Waals surface area contributed by atoms with E-state index < -0.39 is 5.97 Å². The van der Waals surface area contributed by atoms with Crippen molar-refractivity contribution in [3.63, 3.8) is 0 Å². The van der Waals surface area contributed by atoms with E-state index in [0.717, 1.165) is 24.4 Å². The Morgan fingerprint density at radius 1 is 1.44 bits per heavy atom. The van der Waals surface area contributed by atoms with Gasteiger partial charge in [-0.1, -0.05) is 0 Å². The van der Waals surface area contributed by atoms with E-state index in [4.69, 9.17) is 5.11 Å². The maximum Gasteiger partial charge on any atom is 0.355 e. The van der Waals surface area contributed by atoms with Crippen molar-refractivity contribution >= 4 is 23.2 Å². The zero-order valence-corrected chi connectivity index (χ0v) is 9.29. The second kappa shape index (κ2) is 4.58. The summed E-state index contributed by atoms with van der Waals surface area (Å²) in [5.41, 5.74) is -0.0662. The van der Waals surface area contributed by atoms with Crippen molar-refractivity contribution in [2.75, 3.05) is 26.2 Å². The maximum atomic E-state index is 11.9. The van der Waals surface area contributed by atoms with Crippen molar-refractivity contribution in [3.05, 3.63) is 16.1 Å². The van der Waals surface area contributed by atoms with Crippen LogP contribution in [0.2, 0.25) is 0 Å². The first-order valence-electron chi connectivity index (χ1n) is 4.87. The third-order valence-corrected chi connectivity index (χ3v) is 3.14. The highest BCUT2D eigenvalue weighted by atomic mass is 32.1. The molecule has 6 nitrogen and oxygen atoms in total. The van der Waals surface area contributed by atoms with Crippen molar-refractivity contribution in [2.24, 2.45) is 0 Å². The summed E-state index contributed by atoms with van der Waals surface area (Å²) in [5, 5.41) is 13.5. The molecule has 16 heavy (non-hydrogen) atoms. The van der Waals surface area contributed by atoms with Crippen LogP contribution in [0, 0.1) is 0 Å². The van der Waals surface area contributed by atoms with Gasteiger partial charge in [-0.05, 0) is 0 Å². The molecular weight excluding hydrogens is 230 g/mol. The molecule has 0 unspecified atom stereocenters. The average molecular weight is 241 g/mol. The predicted molar refractivity (Wildman–Crippen MR) is 57.8 cm³/mol. The third-order valence-electron chi connectivity index (χ3n) is 2.31. The highest BCUT2D eigenvalue weighted by Gasteiger charge is 2.21. The summed E-state index contributed by atoms with van der Waals surface area (Å²) in [7, 11) is 0. The summed E-state index contributed by atoms with van der Waals surface area (Å²) in [6.07, 6.45) is 0. The number of nitrogens with zero attached hydrogens (tertiary/aromatic N) is 2. The fourth-order valence-corrected chi connectivity index (χ4v) is 2.23. The lowest BCUT2D eigenvalue weighted by Crippen LogP contribution is -2.46. The second-order valence-corrected chi connectivity index (χ2v) is 4.24. The molecule has 0 bridgehead atoms. The molecule has 2 heterocycles. The first kappa shape index (κ1) is 11.0. The molecular formula is C9H11N3O3S. The molecule has 1 aromatic heterocycles. The molecule has 2 N–H and O–H groups in total. The summed E-state index contributed by atoms with van der Waals surface area (Å²) in [5.74, 6) is -1.28. The Morgan fingerprint density at radius 2 is 2.12 bits per heavy atom. The Kier molecular flexibility index (Phi) is 3.16. The first-order chi connectivity index (χ1) is 7.68. The van der Waals surface area contributed by atoms with Crippen LogP contribution in [-0.4, -0.2) is 53.0 Å². The van der Waals surface area contributed by atoms with Gasteiger partial charge in [-0.3, -0.25) is 4.79 Å². The topological polar surface area (TPSA) is 82.5 Å². The van der Waals surface area contributed by atoms with Crippen molar-refractivity contribution in [2.45, 2.75) is 0 Å². The summed E-state index contributed by atoms with van der Waals surface area (Å²) in [6.45, 7) is 2.81. The lowest BCUT2D eigenvalue weighted by atomic mass is 10.3. The van der Waals surface area contributed by atoms with Crippen LogP contribution in [0.3, 0.4) is 0 Å². The molecule has 1 fully saturated rings. The second-order valence-electron chi connectivity index (χ2n) is 3.39. The molecule has 0 atom stereocenters. The molecule has 0 aromatic carbocycles. The van der Waals surface area contributed by atoms with Crippen LogP contribution >= 0.6 is 11.3 Å². The number of rotatable bonds is 2. The quantitative estimate of drug-likeness (QED) is 0.754. The van der Waals surface area contributed by atoms with Crippen LogP contribution in [0.25, 0.3) is 0 Å². The number of carboxylic acids is 1. The first-order valence-corrected chi connectivity index (χ1v) is 5.75. The Bertz CT molecular complexity index is 412. The van der Waals surface area contributed by atoms with Gasteiger partial charge in [0.2, 0.25) is 0 Å². The van der Waals surface area contributed by atoms with Gasteiger partial charge in [-0.15, -0.1) is 11.3 Å². The number of nitrogens with one attached hydrogen (secondary N) is 1. The zero-order chi connectivity index (χ0) is 11.5. The van der Waals surface area contributed by atoms with Gasteiger partial charge in [0.25, 0.3) is 5.91 Å². The highest BCUT2D eigenvalue weighted by Crippen LogP contribution is 2.12. The van der Waals surface area contributed by atoms with Gasteiger partial charge in [0.1, 0.15) is 0 Å². The van der Waals surface area contributed by atoms with Gasteiger partial charge in [-0.25, -0.2) is 9.78 Å². The Labute approximate surface area is 95.9 Å². The van der Waals surface area contributed by atoms with Crippen LogP contribution in [-0.2, 0) is 0 Å². The van der Waals surface area contributed by atoms with E-state index in [-0.39, 0.29) is 16.6 Å². The van der Waals surface area contributed by atoms with Crippen molar-refractivity contribution < 1.29 is 14.7 Å². The van der Waals surface area contributed by atoms with E-state index in [1.165, 1.54) is 5.38 Å². The molecule has 86 valence electrons. The van der Waals surface area contributed by atoms with Crippen molar-refractivity contribution in [3.8, 4) is 0 Å². The molecule has 0 saturated carbocycles. The number of carboxylic acid groups (broad SMARTS) is 1. The zero-order valence-electron chi connectivity index (χ0n) is 8.47. The minimum absolute atomic E-state index is 0.0662. The molecule has 1 aromatic rings. The van der Waals surface area contributed by atoms with Gasteiger partial charge < -0.3 is 15.3 Å². The number of carbonyl (C=O) groups is 2. The molecule has 2 rings (SSSR count). The summed E-state index contributed by atoms with van der Waals surface area (Å²) < 4.78 is 0. The fraction of sp³-hybridized carbons (Fsp3) is 0.444. The molecule has 0 radical (unpaired) electrons. The van der Waals surface area contributed by atoms with Crippen molar-refractivity contribution in [1.82, 2.24) is 15.2 Å². The van der Waals surface area contributed by atoms with Crippen LogP contribution in [0.15, 0.2) is 5.38 Å². The summed E-state index contributed by atoms with van der Waals surface area (Å²) in [6, 6.07) is 0. The number of aromatic nitrogens is 1. The van der Waals surface area contributed by atoms with Crippen LogP contribution in [0.4, 0.5) is 0 Å². The number of amides is 1. The van der Waals surface area contributed by atoms with Crippen LogP contribution in [0.1, 0.15) is 20.3 Å². The Balaban J connectivity index is 2.10. The lowest BCUT2D eigenvalue weighted by Gasteiger charge is -2.26. The van der Waals surface area contributed by atoms with E-state index in [9.17, 15) is 9.59 Å². The normalized spacial score (nSPS) is 16.1. The van der Waals surface area contributed by atoms with E-state index in [1.54, 1.807) is 4.90 Å². The van der Waals surface area contributed by atoms with Crippen LogP contribution < -0.4 is 5.32 Å². The van der Waals surface area contributed by atoms with Crippen molar-refractivity contribution in [1.29, 1.82) is 0 Å². The number of hydrogen-bond acceptors (Lipinski definition) is 5. The largest absolute Gasteiger partial charge is 0.476 e. The van der Waals surface area contributed by atoms with E-state index in [1.807, 2.05) is 0 Å². The SMILES string of the molecule is O=C(O)c1csc(C(=O)N2CCNCC2)n1. The fourth-order valence-electron chi connectivity index (χ4n) is 1.47. The van der Waals surface area contributed by atoms with E-state index in [0.29, 0.717) is 13.1 Å². The average Bonchev–Trinajstić information content (AvgIpc) is 2.78. The number of thiazole rings is 1. The summed E-state index contributed by atoms with van der Waals surface area (Å²) >= 11 is 1.08. The monoisotopic (exact) mass is 241 g/mol. The van der Waals surface area contributed by atoms with Gasteiger partial charge >= 0.3 is 5.97 Å². The maximum absolute atomic E-state index is 11.9. The van der Waals surface area contributed by atoms with E-state index in [2.05, 4.69) is 10.3 Å². The Hall–Kier alpha value is -1.47. The number of aromatic carboxylic acids is 1. The summed E-state index contributed by atoms with van der Waals surface area (Å²) in [4.78, 5) is 28.0. The lowest BCUT2D eigenvalue weighted by molar-refractivity contribution is 0.0691. The van der Waals surface area contributed by atoms with Crippen LogP contribution in [0.5, 0.6) is 0 Å². The molecule has 0 aliphatic carbocycles. The van der Waals surface area contributed by atoms with Gasteiger partial charge in [-0.2, -0.15) is 0 Å². The van der Waals surface area contributed by atoms with E-state index >= 15 is 0 Å². The standard InChI is InChI=1S/C9H11N3O3S/c13-8(12-3-1-10-2-4-12)7-11-6(5-16-7)9(14)15/h5,10H,1-4H2,(H,14,15). The Morgan fingerprint density at radius 3 is 2.69 bits per heavy atom. The van der Waals surface area contributed by atoms with Gasteiger partial charge in [0, 0.05) is 31.6 Å². The smallest absolute Gasteiger partial charge is 0.355 e. The minimum atomic E-state index is -1.10. The molecule has 1 saturated heterocycles. The molecule has 7 heteroatoms. The molecule has 1 aliphatic heterocycles. The molecule has 0 spiro atoms. The minimum Gasteiger partial charge on any atom is -0.476 e. The number of carbonyl (C=O) groups excluding carboxylic acids is 1. The number of piperazine rings is 1. The molecule has 1 amide bonds. The van der Waals surface area contributed by atoms with Gasteiger partial charge in [0.05, 0.1) is 0 Å². The highest BCUT2D eigenvalue weighted by molar-refractivity contribution is 7.11. The molecule has 1 aliphatic rings. The van der Waals surface area contributed by atoms with Gasteiger partial charge in [0.15, 0.2) is 10.7 Å². The third kappa shape index (κ3) is 2.20. The predicted octanol–water partition coefficient (Wildman–Crippen LogP) is -0.113.